The predicted octanol–water partition coefficient (Wildman–Crippen LogP) is 3.19. The number of thioether (sulfide) groups is 1. The van der Waals surface area contributed by atoms with Gasteiger partial charge < -0.3 is 19.7 Å². The van der Waals surface area contributed by atoms with Crippen LogP contribution in [0, 0.1) is 6.92 Å². The SMILES string of the molecule is Cc1cc(OCC2=C(C(=O)OC(c3ccccc3)c3ccccc3)N3C(=O)C(N)[C@H]3SC2)no1. The first-order valence-electron chi connectivity index (χ1n) is 10.8. The Balaban J connectivity index is 1.47. The minimum atomic E-state index is -0.646. The number of carbonyl (C=O) groups excluding carboxylic acids is 2. The van der Waals surface area contributed by atoms with E-state index in [-0.39, 0.29) is 23.6 Å². The lowest BCUT2D eigenvalue weighted by Crippen LogP contribution is -2.68. The molecule has 8 nitrogen and oxygen atoms in total. The normalized spacial score (nSPS) is 19.6. The molecule has 0 radical (unpaired) electrons. The lowest BCUT2D eigenvalue weighted by atomic mass is 10.0. The van der Waals surface area contributed by atoms with Crippen LogP contribution >= 0.6 is 11.8 Å². The second kappa shape index (κ2) is 9.36. The third-order valence-corrected chi connectivity index (χ3v) is 7.07. The first kappa shape index (κ1) is 22.2. The van der Waals surface area contributed by atoms with E-state index in [1.165, 1.54) is 16.7 Å². The molecule has 3 aromatic rings. The van der Waals surface area contributed by atoms with Crippen molar-refractivity contribution in [1.29, 1.82) is 0 Å². The number of rotatable bonds is 7. The monoisotopic (exact) mass is 477 g/mol. The molecular formula is C25H23N3O5S. The largest absolute Gasteiger partial charge is 0.471 e. The van der Waals surface area contributed by atoms with Gasteiger partial charge in [-0.05, 0) is 23.2 Å². The zero-order valence-electron chi connectivity index (χ0n) is 18.4. The van der Waals surface area contributed by atoms with Gasteiger partial charge in [-0.15, -0.1) is 11.8 Å². The highest BCUT2D eigenvalue weighted by Crippen LogP contribution is 2.41. The minimum Gasteiger partial charge on any atom is -0.471 e. The van der Waals surface area contributed by atoms with E-state index in [1.807, 2.05) is 60.7 Å². The molecule has 2 aliphatic heterocycles. The maximum absolute atomic E-state index is 13.6. The van der Waals surface area contributed by atoms with Gasteiger partial charge in [-0.25, -0.2) is 4.79 Å². The number of hydrogen-bond acceptors (Lipinski definition) is 8. The van der Waals surface area contributed by atoms with E-state index in [4.69, 9.17) is 19.7 Å². The summed E-state index contributed by atoms with van der Waals surface area (Å²) in [4.78, 5) is 27.7. The van der Waals surface area contributed by atoms with Crippen LogP contribution in [0.4, 0.5) is 0 Å². The molecule has 2 N–H and O–H groups in total. The van der Waals surface area contributed by atoms with Crippen LogP contribution in [0.25, 0.3) is 0 Å². The van der Waals surface area contributed by atoms with Crippen LogP contribution < -0.4 is 10.5 Å². The van der Waals surface area contributed by atoms with Gasteiger partial charge in [0.15, 0.2) is 6.10 Å². The number of amides is 1. The molecule has 2 aliphatic rings. The van der Waals surface area contributed by atoms with Gasteiger partial charge in [-0.1, -0.05) is 60.7 Å². The highest BCUT2D eigenvalue weighted by Gasteiger charge is 2.52. The summed E-state index contributed by atoms with van der Waals surface area (Å²) in [5, 5.41) is 3.52. The van der Waals surface area contributed by atoms with Gasteiger partial charge in [0.25, 0.3) is 5.88 Å². The Labute approximate surface area is 200 Å². The van der Waals surface area contributed by atoms with Crippen molar-refractivity contribution in [2.45, 2.75) is 24.4 Å². The van der Waals surface area contributed by atoms with Gasteiger partial charge in [0, 0.05) is 17.4 Å². The van der Waals surface area contributed by atoms with E-state index in [9.17, 15) is 9.59 Å². The van der Waals surface area contributed by atoms with Crippen molar-refractivity contribution in [2.75, 3.05) is 12.4 Å². The van der Waals surface area contributed by atoms with Crippen molar-refractivity contribution in [3.63, 3.8) is 0 Å². The van der Waals surface area contributed by atoms with Crippen LogP contribution in [0.5, 0.6) is 5.88 Å². The summed E-state index contributed by atoms with van der Waals surface area (Å²) in [5.74, 6) is 0.486. The Bertz CT molecular complexity index is 1190. The third-order valence-electron chi connectivity index (χ3n) is 5.71. The number of fused-ring (bicyclic) bond motifs is 1. The Morgan fingerprint density at radius 3 is 2.41 bits per heavy atom. The van der Waals surface area contributed by atoms with Gasteiger partial charge in [0.2, 0.25) is 5.91 Å². The molecular weight excluding hydrogens is 454 g/mol. The van der Waals surface area contributed by atoms with E-state index in [1.54, 1.807) is 13.0 Å². The van der Waals surface area contributed by atoms with Gasteiger partial charge >= 0.3 is 5.97 Å². The summed E-state index contributed by atoms with van der Waals surface area (Å²) >= 11 is 1.50. The molecule has 1 aromatic heterocycles. The van der Waals surface area contributed by atoms with Crippen LogP contribution in [0.2, 0.25) is 0 Å². The van der Waals surface area contributed by atoms with Gasteiger partial charge in [-0.2, -0.15) is 0 Å². The summed E-state index contributed by atoms with van der Waals surface area (Å²) in [6, 6.07) is 20.0. The average molecular weight is 478 g/mol. The molecule has 1 amide bonds. The van der Waals surface area contributed by atoms with E-state index < -0.39 is 18.1 Å². The van der Waals surface area contributed by atoms with Crippen LogP contribution in [-0.4, -0.2) is 45.7 Å². The molecule has 2 aromatic carbocycles. The van der Waals surface area contributed by atoms with Crippen LogP contribution in [0.3, 0.4) is 0 Å². The lowest BCUT2D eigenvalue weighted by molar-refractivity contribution is -0.153. The maximum atomic E-state index is 13.6. The topological polar surface area (TPSA) is 108 Å². The maximum Gasteiger partial charge on any atom is 0.356 e. The number of aromatic nitrogens is 1. The molecule has 0 bridgehead atoms. The van der Waals surface area contributed by atoms with Crippen LogP contribution in [0.1, 0.15) is 23.0 Å². The Morgan fingerprint density at radius 2 is 1.82 bits per heavy atom. The van der Waals surface area contributed by atoms with Gasteiger partial charge in [0.05, 0.1) is 0 Å². The standard InChI is InChI=1S/C25H23N3O5S/c1-15-12-19(27-33-15)31-13-18-14-34-24-20(26)23(29)28(24)21(18)25(30)32-22(16-8-4-2-5-9-16)17-10-6-3-7-11-17/h2-12,20,22,24H,13-14,26H2,1H3/t20?,24-/m1/s1. The quantitative estimate of drug-likeness (QED) is 0.408. The van der Waals surface area contributed by atoms with Gasteiger partial charge in [0.1, 0.15) is 29.5 Å². The van der Waals surface area contributed by atoms with E-state index in [0.29, 0.717) is 23.0 Å². The second-order valence-corrected chi connectivity index (χ2v) is 9.16. The van der Waals surface area contributed by atoms with Crippen molar-refractivity contribution in [1.82, 2.24) is 10.1 Å². The van der Waals surface area contributed by atoms with E-state index in [0.717, 1.165) is 11.1 Å². The van der Waals surface area contributed by atoms with E-state index >= 15 is 0 Å². The highest BCUT2D eigenvalue weighted by atomic mass is 32.2. The molecule has 1 saturated heterocycles. The Hall–Kier alpha value is -3.56. The first-order chi connectivity index (χ1) is 16.5. The summed E-state index contributed by atoms with van der Waals surface area (Å²) in [6.45, 7) is 1.83. The fourth-order valence-corrected chi connectivity index (χ4v) is 5.27. The van der Waals surface area contributed by atoms with Gasteiger partial charge in [-0.3, -0.25) is 9.69 Å². The number of benzene rings is 2. The zero-order chi connectivity index (χ0) is 23.7. The summed E-state index contributed by atoms with van der Waals surface area (Å²) in [6.07, 6.45) is -0.638. The first-order valence-corrected chi connectivity index (χ1v) is 11.9. The molecule has 0 spiro atoms. The van der Waals surface area contributed by atoms with Crippen molar-refractivity contribution in [3.05, 3.63) is 94.9 Å². The number of nitrogens with zero attached hydrogens (tertiary/aromatic N) is 2. The number of ether oxygens (including phenoxy) is 2. The highest BCUT2D eigenvalue weighted by molar-refractivity contribution is 8.00. The molecule has 174 valence electrons. The molecule has 0 saturated carbocycles. The summed E-state index contributed by atoms with van der Waals surface area (Å²) < 4.78 is 16.8. The molecule has 0 aliphatic carbocycles. The molecule has 3 heterocycles. The van der Waals surface area contributed by atoms with Crippen molar-refractivity contribution in [3.8, 4) is 5.88 Å². The number of β-lactam (4-membered cyclic amide) rings is 1. The molecule has 1 unspecified atom stereocenters. The fraction of sp³-hybridized carbons (Fsp3) is 0.240. The number of carbonyl (C=O) groups is 2. The second-order valence-electron chi connectivity index (χ2n) is 8.06. The summed E-state index contributed by atoms with van der Waals surface area (Å²) in [5.41, 5.74) is 8.47. The average Bonchev–Trinajstić information content (AvgIpc) is 3.30. The fourth-order valence-electron chi connectivity index (χ4n) is 4.00. The van der Waals surface area contributed by atoms with Crippen molar-refractivity contribution in [2.24, 2.45) is 5.73 Å². The lowest BCUT2D eigenvalue weighted by Gasteiger charge is -2.48. The van der Waals surface area contributed by atoms with E-state index in [2.05, 4.69) is 5.16 Å². The predicted molar refractivity (Wildman–Crippen MR) is 126 cm³/mol. The Kier molecular flexibility index (Phi) is 6.12. The smallest absolute Gasteiger partial charge is 0.356 e. The molecule has 5 rings (SSSR count). The number of esters is 1. The molecule has 34 heavy (non-hydrogen) atoms. The minimum absolute atomic E-state index is 0.0660. The van der Waals surface area contributed by atoms with Crippen molar-refractivity contribution < 1.29 is 23.6 Å². The zero-order valence-corrected chi connectivity index (χ0v) is 19.2. The third kappa shape index (κ3) is 4.20. The number of nitrogens with two attached hydrogens (primary N) is 1. The summed E-state index contributed by atoms with van der Waals surface area (Å²) in [7, 11) is 0. The molecule has 9 heteroatoms. The number of hydrogen-bond donors (Lipinski definition) is 1. The molecule has 2 atom stereocenters. The Morgan fingerprint density at radius 1 is 1.18 bits per heavy atom. The van der Waals surface area contributed by atoms with Crippen LogP contribution in [-0.2, 0) is 14.3 Å². The van der Waals surface area contributed by atoms with Crippen molar-refractivity contribution >= 4 is 23.6 Å². The number of aryl methyl sites for hydroxylation is 1. The molecule has 1 fully saturated rings. The van der Waals surface area contributed by atoms with Crippen LogP contribution in [0.15, 0.2) is 82.5 Å².